The molecule has 1 atom stereocenters. The summed E-state index contributed by atoms with van der Waals surface area (Å²) in [6.07, 6.45) is 2.11. The highest BCUT2D eigenvalue weighted by Crippen LogP contribution is 2.24. The highest BCUT2D eigenvalue weighted by molar-refractivity contribution is 5.68. The lowest BCUT2D eigenvalue weighted by molar-refractivity contribution is -0.0458. The van der Waals surface area contributed by atoms with E-state index in [0.717, 1.165) is 12.8 Å². The monoisotopic (exact) mass is 458 g/mol. The van der Waals surface area contributed by atoms with Crippen molar-refractivity contribution >= 4 is 17.6 Å². The van der Waals surface area contributed by atoms with Crippen molar-refractivity contribution in [3.05, 3.63) is 42.1 Å². The molecule has 1 saturated heterocycles. The first-order valence-corrected chi connectivity index (χ1v) is 10.7. The topological polar surface area (TPSA) is 125 Å². The molecule has 33 heavy (non-hydrogen) atoms. The van der Waals surface area contributed by atoms with Gasteiger partial charge in [0.1, 0.15) is 34.3 Å². The van der Waals surface area contributed by atoms with E-state index in [2.05, 4.69) is 20.3 Å². The number of nitrogens with one attached hydrogen (secondary N) is 1. The fourth-order valence-electron chi connectivity index (χ4n) is 3.70. The number of halogens is 1. The van der Waals surface area contributed by atoms with Crippen LogP contribution in [0.3, 0.4) is 0 Å². The van der Waals surface area contributed by atoms with Crippen molar-refractivity contribution in [1.29, 1.82) is 0 Å². The standard InChI is InChI=1S/C22H27FN6O4/c1-22(2,3)33-21(32)28-8-4-5-14(12-28)25-17-9-15(20(30)31)26-19(27-17)16-10-24-18-7-6-13(23)11-29(16)18/h6-7,9-11,14,20,30-31H,4-5,8,12H2,1-3H3,(H,25,26,27)/t14-/m1/s1. The van der Waals surface area contributed by atoms with Crippen molar-refractivity contribution in [2.24, 2.45) is 0 Å². The molecule has 0 aliphatic carbocycles. The molecule has 0 aromatic carbocycles. The Morgan fingerprint density at radius 3 is 2.82 bits per heavy atom. The number of ether oxygens (including phenoxy) is 1. The van der Waals surface area contributed by atoms with E-state index in [1.165, 1.54) is 35.0 Å². The van der Waals surface area contributed by atoms with Gasteiger partial charge in [-0.2, -0.15) is 0 Å². The van der Waals surface area contributed by atoms with E-state index >= 15 is 0 Å². The summed E-state index contributed by atoms with van der Waals surface area (Å²) in [4.78, 5) is 27.0. The zero-order chi connectivity index (χ0) is 23.8. The number of imidazole rings is 1. The Kier molecular flexibility index (Phi) is 6.17. The molecular weight excluding hydrogens is 431 g/mol. The summed E-state index contributed by atoms with van der Waals surface area (Å²) < 4.78 is 20.8. The van der Waals surface area contributed by atoms with Crippen LogP contribution in [0.1, 0.15) is 45.6 Å². The first kappa shape index (κ1) is 22.9. The van der Waals surface area contributed by atoms with Gasteiger partial charge in [-0.25, -0.2) is 24.1 Å². The number of aliphatic hydroxyl groups is 2. The largest absolute Gasteiger partial charge is 0.444 e. The Bertz CT molecular complexity index is 1160. The summed E-state index contributed by atoms with van der Waals surface area (Å²) in [5.74, 6) is 0.0504. The Labute approximate surface area is 190 Å². The fraction of sp³-hybridized carbons (Fsp3) is 0.455. The van der Waals surface area contributed by atoms with Gasteiger partial charge in [0.15, 0.2) is 12.1 Å². The van der Waals surface area contributed by atoms with Gasteiger partial charge < -0.3 is 25.2 Å². The highest BCUT2D eigenvalue weighted by Gasteiger charge is 2.28. The number of nitrogens with zero attached hydrogens (tertiary/aromatic N) is 5. The maximum atomic E-state index is 13.8. The maximum absolute atomic E-state index is 13.8. The van der Waals surface area contributed by atoms with E-state index in [1.54, 1.807) is 4.90 Å². The summed E-state index contributed by atoms with van der Waals surface area (Å²) in [7, 11) is 0. The van der Waals surface area contributed by atoms with E-state index in [9.17, 15) is 19.4 Å². The van der Waals surface area contributed by atoms with Gasteiger partial charge in [0.2, 0.25) is 0 Å². The third kappa shape index (κ3) is 5.37. The zero-order valence-electron chi connectivity index (χ0n) is 18.7. The molecule has 4 heterocycles. The Morgan fingerprint density at radius 2 is 2.09 bits per heavy atom. The number of hydrogen-bond acceptors (Lipinski definition) is 8. The van der Waals surface area contributed by atoms with E-state index < -0.39 is 17.7 Å². The molecule has 1 aliphatic heterocycles. The smallest absolute Gasteiger partial charge is 0.410 e. The summed E-state index contributed by atoms with van der Waals surface area (Å²) in [6.45, 7) is 6.46. The van der Waals surface area contributed by atoms with E-state index in [0.29, 0.717) is 30.2 Å². The third-order valence-corrected chi connectivity index (χ3v) is 5.13. The van der Waals surface area contributed by atoms with Crippen LogP contribution in [0.25, 0.3) is 17.2 Å². The van der Waals surface area contributed by atoms with E-state index in [1.807, 2.05) is 20.8 Å². The van der Waals surface area contributed by atoms with Crippen molar-refractivity contribution in [3.63, 3.8) is 0 Å². The van der Waals surface area contributed by atoms with Crippen LogP contribution in [0.5, 0.6) is 0 Å². The van der Waals surface area contributed by atoms with Crippen LogP contribution in [-0.2, 0) is 4.74 Å². The number of likely N-dealkylation sites (tertiary alicyclic amines) is 1. The molecule has 1 amide bonds. The first-order valence-electron chi connectivity index (χ1n) is 10.7. The minimum atomic E-state index is -1.83. The molecule has 176 valence electrons. The minimum Gasteiger partial charge on any atom is -0.444 e. The van der Waals surface area contributed by atoms with Crippen molar-refractivity contribution in [3.8, 4) is 11.5 Å². The molecule has 0 radical (unpaired) electrons. The molecule has 1 aliphatic rings. The van der Waals surface area contributed by atoms with Crippen LogP contribution in [0.4, 0.5) is 15.0 Å². The van der Waals surface area contributed by atoms with Gasteiger partial charge in [0, 0.05) is 31.4 Å². The number of aromatic nitrogens is 4. The number of rotatable bonds is 4. The van der Waals surface area contributed by atoms with Gasteiger partial charge in [-0.15, -0.1) is 0 Å². The third-order valence-electron chi connectivity index (χ3n) is 5.13. The Morgan fingerprint density at radius 1 is 1.30 bits per heavy atom. The quantitative estimate of drug-likeness (QED) is 0.510. The summed E-state index contributed by atoms with van der Waals surface area (Å²) in [6, 6.07) is 4.13. The van der Waals surface area contributed by atoms with Gasteiger partial charge >= 0.3 is 6.09 Å². The molecular formula is C22H27FN6O4. The Hall–Kier alpha value is -3.31. The first-order chi connectivity index (χ1) is 15.6. The molecule has 11 heteroatoms. The molecule has 3 aromatic rings. The van der Waals surface area contributed by atoms with Crippen molar-refractivity contribution in [1.82, 2.24) is 24.3 Å². The van der Waals surface area contributed by atoms with Gasteiger partial charge in [-0.3, -0.25) is 4.40 Å². The second kappa shape index (κ2) is 8.91. The number of hydrogen-bond donors (Lipinski definition) is 3. The molecule has 4 rings (SSSR count). The summed E-state index contributed by atoms with van der Waals surface area (Å²) in [5, 5.41) is 22.7. The average Bonchev–Trinajstić information content (AvgIpc) is 3.15. The molecule has 10 nitrogen and oxygen atoms in total. The molecule has 0 bridgehead atoms. The molecule has 3 aromatic heterocycles. The molecule has 0 saturated carbocycles. The molecule has 3 N–H and O–H groups in total. The predicted molar refractivity (Wildman–Crippen MR) is 118 cm³/mol. The van der Waals surface area contributed by atoms with Crippen LogP contribution < -0.4 is 5.32 Å². The average molecular weight is 458 g/mol. The predicted octanol–water partition coefficient (Wildman–Crippen LogP) is 2.73. The van der Waals surface area contributed by atoms with Crippen molar-refractivity contribution in [2.75, 3.05) is 18.4 Å². The Balaban J connectivity index is 1.60. The lowest BCUT2D eigenvalue weighted by atomic mass is 10.1. The van der Waals surface area contributed by atoms with Crippen LogP contribution >= 0.6 is 0 Å². The number of fused-ring (bicyclic) bond motifs is 1. The summed E-state index contributed by atoms with van der Waals surface area (Å²) >= 11 is 0. The normalized spacial score (nSPS) is 16.9. The molecule has 0 spiro atoms. The number of piperidine rings is 1. The SMILES string of the molecule is CC(C)(C)OC(=O)N1CCC[C@@H](Nc2cc(C(O)O)nc(-c3cnc4ccc(F)cn34)n2)C1. The summed E-state index contributed by atoms with van der Waals surface area (Å²) in [5.41, 5.74) is 0.293. The van der Waals surface area contributed by atoms with Crippen LogP contribution in [0.2, 0.25) is 0 Å². The van der Waals surface area contributed by atoms with E-state index in [-0.39, 0.29) is 23.7 Å². The van der Waals surface area contributed by atoms with Crippen molar-refractivity contribution in [2.45, 2.75) is 51.5 Å². The number of anilines is 1. The molecule has 1 fully saturated rings. The van der Waals surface area contributed by atoms with Crippen LogP contribution in [-0.4, -0.2) is 65.3 Å². The van der Waals surface area contributed by atoms with E-state index in [4.69, 9.17) is 4.74 Å². The van der Waals surface area contributed by atoms with Gasteiger partial charge in [0.05, 0.1) is 6.20 Å². The number of amides is 1. The second-order valence-corrected chi connectivity index (χ2v) is 9.00. The van der Waals surface area contributed by atoms with Gasteiger partial charge in [0.25, 0.3) is 0 Å². The lowest BCUT2D eigenvalue weighted by Crippen LogP contribution is -2.47. The molecule has 0 unspecified atom stereocenters. The van der Waals surface area contributed by atoms with Crippen molar-refractivity contribution < 1.29 is 24.1 Å². The highest BCUT2D eigenvalue weighted by atomic mass is 19.1. The maximum Gasteiger partial charge on any atom is 0.410 e. The zero-order valence-corrected chi connectivity index (χ0v) is 18.7. The number of pyridine rings is 1. The van der Waals surface area contributed by atoms with Gasteiger partial charge in [-0.1, -0.05) is 0 Å². The van der Waals surface area contributed by atoms with Crippen LogP contribution in [0, 0.1) is 5.82 Å². The number of carbonyl (C=O) groups excluding carboxylic acids is 1. The number of aliphatic hydroxyl groups excluding tert-OH is 1. The number of carbonyl (C=O) groups is 1. The fourth-order valence-corrected chi connectivity index (χ4v) is 3.70. The van der Waals surface area contributed by atoms with Gasteiger partial charge in [-0.05, 0) is 45.7 Å². The second-order valence-electron chi connectivity index (χ2n) is 9.00. The van der Waals surface area contributed by atoms with Crippen LogP contribution in [0.15, 0.2) is 30.6 Å². The minimum absolute atomic E-state index is 0.0198. The lowest BCUT2D eigenvalue weighted by Gasteiger charge is -2.34.